The fourth-order valence-corrected chi connectivity index (χ4v) is 2.28. The normalized spacial score (nSPS) is 10.6. The number of esters is 1. The van der Waals surface area contributed by atoms with E-state index in [1.807, 2.05) is 24.3 Å². The van der Waals surface area contributed by atoms with Gasteiger partial charge in [-0.1, -0.05) is 28.1 Å². The quantitative estimate of drug-likeness (QED) is 0.727. The third kappa shape index (κ3) is 3.07. The lowest BCUT2D eigenvalue weighted by atomic mass is 10.2. The van der Waals surface area contributed by atoms with Gasteiger partial charge in [0.25, 0.3) is 0 Å². The SMILES string of the molecule is Nc1nc(COC(=O)c2ccc(Br)cc2)nc2ccccc12. The Morgan fingerprint density at radius 3 is 2.59 bits per heavy atom. The molecule has 110 valence electrons. The molecule has 0 aliphatic rings. The Bertz CT molecular complexity index is 834. The number of aromatic nitrogens is 2. The van der Waals surface area contributed by atoms with Gasteiger partial charge in [-0.05, 0) is 36.4 Å². The minimum atomic E-state index is -0.428. The van der Waals surface area contributed by atoms with Crippen molar-refractivity contribution in [2.45, 2.75) is 6.61 Å². The van der Waals surface area contributed by atoms with E-state index in [0.29, 0.717) is 17.2 Å². The number of carbonyl (C=O) groups excluding carboxylic acids is 1. The van der Waals surface area contributed by atoms with Crippen molar-refractivity contribution < 1.29 is 9.53 Å². The zero-order valence-electron chi connectivity index (χ0n) is 11.5. The molecule has 0 aliphatic carbocycles. The van der Waals surface area contributed by atoms with Crippen molar-refractivity contribution in [3.8, 4) is 0 Å². The van der Waals surface area contributed by atoms with Crippen LogP contribution in [-0.4, -0.2) is 15.9 Å². The zero-order valence-corrected chi connectivity index (χ0v) is 13.1. The highest BCUT2D eigenvalue weighted by Crippen LogP contribution is 2.17. The van der Waals surface area contributed by atoms with Crippen LogP contribution in [0.4, 0.5) is 5.82 Å². The van der Waals surface area contributed by atoms with E-state index in [9.17, 15) is 4.79 Å². The Kier molecular flexibility index (Phi) is 4.02. The number of nitrogen functional groups attached to an aromatic ring is 1. The first-order chi connectivity index (χ1) is 10.6. The van der Waals surface area contributed by atoms with Crippen LogP contribution in [0.25, 0.3) is 10.9 Å². The molecule has 5 nitrogen and oxygen atoms in total. The van der Waals surface area contributed by atoms with E-state index in [-0.39, 0.29) is 6.61 Å². The number of benzene rings is 2. The van der Waals surface area contributed by atoms with Gasteiger partial charge in [0.05, 0.1) is 11.1 Å². The average molecular weight is 358 g/mol. The molecule has 0 spiro atoms. The lowest BCUT2D eigenvalue weighted by Crippen LogP contribution is -2.08. The van der Waals surface area contributed by atoms with Crippen molar-refractivity contribution >= 4 is 38.6 Å². The lowest BCUT2D eigenvalue weighted by Gasteiger charge is -2.07. The fraction of sp³-hybridized carbons (Fsp3) is 0.0625. The van der Waals surface area contributed by atoms with E-state index >= 15 is 0 Å². The van der Waals surface area contributed by atoms with E-state index in [2.05, 4.69) is 25.9 Å². The van der Waals surface area contributed by atoms with Crippen LogP contribution in [0.3, 0.4) is 0 Å². The summed E-state index contributed by atoms with van der Waals surface area (Å²) in [6, 6.07) is 14.4. The van der Waals surface area contributed by atoms with Gasteiger partial charge in [-0.25, -0.2) is 14.8 Å². The molecule has 0 atom stereocenters. The molecule has 22 heavy (non-hydrogen) atoms. The Morgan fingerprint density at radius 1 is 1.09 bits per heavy atom. The molecule has 0 saturated carbocycles. The average Bonchev–Trinajstić information content (AvgIpc) is 2.53. The monoisotopic (exact) mass is 357 g/mol. The minimum Gasteiger partial charge on any atom is -0.454 e. The standard InChI is InChI=1S/C16H12BrN3O2/c17-11-7-5-10(6-8-11)16(21)22-9-14-19-13-4-2-1-3-12(13)15(18)20-14/h1-8H,9H2,(H2,18,19,20). The number of carbonyl (C=O) groups is 1. The fourth-order valence-electron chi connectivity index (χ4n) is 2.01. The van der Waals surface area contributed by atoms with Crippen molar-refractivity contribution in [3.05, 3.63) is 64.4 Å². The number of para-hydroxylation sites is 1. The van der Waals surface area contributed by atoms with Crippen LogP contribution in [0.1, 0.15) is 16.2 Å². The first-order valence-corrected chi connectivity index (χ1v) is 7.36. The van der Waals surface area contributed by atoms with Crippen LogP contribution >= 0.6 is 15.9 Å². The molecule has 2 aromatic carbocycles. The third-order valence-corrected chi connectivity index (χ3v) is 3.62. The summed E-state index contributed by atoms with van der Waals surface area (Å²) in [5, 5.41) is 0.783. The van der Waals surface area contributed by atoms with Crippen molar-refractivity contribution in [1.29, 1.82) is 0 Å². The molecule has 0 unspecified atom stereocenters. The number of rotatable bonds is 3. The molecule has 6 heteroatoms. The maximum Gasteiger partial charge on any atom is 0.338 e. The van der Waals surface area contributed by atoms with Gasteiger partial charge in [-0.15, -0.1) is 0 Å². The summed E-state index contributed by atoms with van der Waals surface area (Å²) in [7, 11) is 0. The summed E-state index contributed by atoms with van der Waals surface area (Å²) >= 11 is 3.32. The van der Waals surface area contributed by atoms with Crippen LogP contribution in [0.2, 0.25) is 0 Å². The number of fused-ring (bicyclic) bond motifs is 1. The smallest absolute Gasteiger partial charge is 0.338 e. The number of nitrogens with zero attached hydrogens (tertiary/aromatic N) is 2. The first kappa shape index (κ1) is 14.5. The van der Waals surface area contributed by atoms with E-state index in [1.165, 1.54) is 0 Å². The van der Waals surface area contributed by atoms with Gasteiger partial charge in [-0.3, -0.25) is 0 Å². The van der Waals surface area contributed by atoms with E-state index in [1.54, 1.807) is 24.3 Å². The van der Waals surface area contributed by atoms with Gasteiger partial charge in [0.1, 0.15) is 5.82 Å². The number of anilines is 1. The third-order valence-electron chi connectivity index (χ3n) is 3.09. The summed E-state index contributed by atoms with van der Waals surface area (Å²) in [4.78, 5) is 20.5. The second-order valence-electron chi connectivity index (χ2n) is 4.63. The highest BCUT2D eigenvalue weighted by Gasteiger charge is 2.10. The number of hydrogen-bond acceptors (Lipinski definition) is 5. The summed E-state index contributed by atoms with van der Waals surface area (Å²) in [6.45, 7) is -0.0239. The van der Waals surface area contributed by atoms with E-state index in [0.717, 1.165) is 15.4 Å². The first-order valence-electron chi connectivity index (χ1n) is 6.57. The highest BCUT2D eigenvalue weighted by molar-refractivity contribution is 9.10. The van der Waals surface area contributed by atoms with Crippen LogP contribution < -0.4 is 5.73 Å². The molecule has 0 bridgehead atoms. The van der Waals surface area contributed by atoms with Crippen LogP contribution in [-0.2, 0) is 11.3 Å². The molecular formula is C16H12BrN3O2. The second-order valence-corrected chi connectivity index (χ2v) is 5.54. The molecule has 3 aromatic rings. The van der Waals surface area contributed by atoms with Crippen LogP contribution in [0.5, 0.6) is 0 Å². The molecule has 1 aromatic heterocycles. The van der Waals surface area contributed by atoms with Gasteiger partial charge in [0, 0.05) is 9.86 Å². The van der Waals surface area contributed by atoms with Gasteiger partial charge in [-0.2, -0.15) is 0 Å². The molecule has 3 rings (SSSR count). The number of nitrogens with two attached hydrogens (primary N) is 1. The maximum absolute atomic E-state index is 12.0. The maximum atomic E-state index is 12.0. The molecule has 2 N–H and O–H groups in total. The number of halogens is 1. The van der Waals surface area contributed by atoms with Crippen LogP contribution in [0.15, 0.2) is 53.0 Å². The molecule has 0 radical (unpaired) electrons. The van der Waals surface area contributed by atoms with Crippen molar-refractivity contribution in [2.24, 2.45) is 0 Å². The zero-order chi connectivity index (χ0) is 15.5. The molecule has 0 saturated heterocycles. The van der Waals surface area contributed by atoms with E-state index < -0.39 is 5.97 Å². The minimum absolute atomic E-state index is 0.0239. The Morgan fingerprint density at radius 2 is 1.82 bits per heavy atom. The van der Waals surface area contributed by atoms with Crippen LogP contribution in [0, 0.1) is 0 Å². The van der Waals surface area contributed by atoms with Gasteiger partial charge < -0.3 is 10.5 Å². The summed E-state index contributed by atoms with van der Waals surface area (Å²) < 4.78 is 6.12. The Balaban J connectivity index is 1.76. The topological polar surface area (TPSA) is 78.1 Å². The van der Waals surface area contributed by atoms with Gasteiger partial charge in [0.2, 0.25) is 0 Å². The van der Waals surface area contributed by atoms with Crippen molar-refractivity contribution in [3.63, 3.8) is 0 Å². The lowest BCUT2D eigenvalue weighted by molar-refractivity contribution is 0.0462. The molecule has 1 heterocycles. The summed E-state index contributed by atoms with van der Waals surface area (Å²) in [6.07, 6.45) is 0. The summed E-state index contributed by atoms with van der Waals surface area (Å²) in [5.74, 6) is 0.324. The molecule has 0 aliphatic heterocycles. The van der Waals surface area contributed by atoms with Gasteiger partial charge >= 0.3 is 5.97 Å². The predicted octanol–water partition coefficient (Wildman–Crippen LogP) is 3.33. The Labute approximate surface area is 135 Å². The predicted molar refractivity (Wildman–Crippen MR) is 87.2 cm³/mol. The number of hydrogen-bond donors (Lipinski definition) is 1. The highest BCUT2D eigenvalue weighted by atomic mass is 79.9. The summed E-state index contributed by atoms with van der Waals surface area (Å²) in [5.41, 5.74) is 7.09. The van der Waals surface area contributed by atoms with Crippen molar-refractivity contribution in [1.82, 2.24) is 9.97 Å². The molecule has 0 amide bonds. The Hall–Kier alpha value is -2.47. The molecule has 0 fully saturated rings. The second kappa shape index (κ2) is 6.11. The number of ether oxygens (including phenoxy) is 1. The van der Waals surface area contributed by atoms with Crippen molar-refractivity contribution in [2.75, 3.05) is 5.73 Å². The van der Waals surface area contributed by atoms with E-state index in [4.69, 9.17) is 10.5 Å². The molecular weight excluding hydrogens is 346 g/mol. The largest absolute Gasteiger partial charge is 0.454 e. The van der Waals surface area contributed by atoms with Gasteiger partial charge in [0.15, 0.2) is 12.4 Å².